The Morgan fingerprint density at radius 1 is 1.14 bits per heavy atom. The zero-order chi connectivity index (χ0) is 27.6. The van der Waals surface area contributed by atoms with E-state index in [0.29, 0.717) is 29.2 Å². The van der Waals surface area contributed by atoms with Gasteiger partial charge in [-0.2, -0.15) is 0 Å². The summed E-state index contributed by atoms with van der Waals surface area (Å²) in [6.45, 7) is 17.3. The number of allylic oxidation sites excluding steroid dienone is 3. The van der Waals surface area contributed by atoms with Gasteiger partial charge in [0.1, 0.15) is 6.10 Å². The van der Waals surface area contributed by atoms with Gasteiger partial charge in [-0.25, -0.2) is 4.79 Å². The second-order valence-corrected chi connectivity index (χ2v) is 14.2. The highest BCUT2D eigenvalue weighted by atomic mass is 16.5. The number of carboxylic acids is 1. The molecule has 0 heterocycles. The van der Waals surface area contributed by atoms with Crippen LogP contribution in [0.15, 0.2) is 23.3 Å². The van der Waals surface area contributed by atoms with Gasteiger partial charge in [0, 0.05) is 17.9 Å². The molecule has 4 rings (SSSR count). The molecule has 0 radical (unpaired) electrons. The lowest BCUT2D eigenvalue weighted by atomic mass is 9.40. The molecule has 0 spiro atoms. The van der Waals surface area contributed by atoms with Gasteiger partial charge in [-0.1, -0.05) is 59.3 Å². The number of aliphatic hydroxyl groups excluding tert-OH is 1. The largest absolute Gasteiger partial charge is 0.478 e. The molecular formula is C32H50O5. The van der Waals surface area contributed by atoms with Gasteiger partial charge in [-0.3, -0.25) is 4.79 Å². The summed E-state index contributed by atoms with van der Waals surface area (Å²) in [5.74, 6) is 0.513. The van der Waals surface area contributed by atoms with E-state index in [4.69, 9.17) is 4.74 Å². The van der Waals surface area contributed by atoms with Gasteiger partial charge in [-0.05, 0) is 98.2 Å². The SMILES string of the molecule is CC(=O)O[C@@H]1C[C@@H]2C(=CC[C@H]3C(C)(C)[C@H](O)CC[C@]23C)[C@]2(C)CC[C@H]([C@H](C)CC/C=C(/C)C(=O)O)[C@@]12C. The number of fused-ring (bicyclic) bond motifs is 5. The van der Waals surface area contributed by atoms with Crippen molar-refractivity contribution in [2.45, 2.75) is 119 Å². The van der Waals surface area contributed by atoms with Gasteiger partial charge in [0.05, 0.1) is 6.10 Å². The van der Waals surface area contributed by atoms with E-state index in [-0.39, 0.29) is 39.8 Å². The lowest BCUT2D eigenvalue weighted by Gasteiger charge is -2.65. The molecule has 0 bridgehead atoms. The summed E-state index contributed by atoms with van der Waals surface area (Å²) < 4.78 is 6.27. The van der Waals surface area contributed by atoms with Crippen LogP contribution in [-0.2, 0) is 14.3 Å². The normalized spacial score (nSPS) is 43.6. The van der Waals surface area contributed by atoms with Gasteiger partial charge in [-0.15, -0.1) is 0 Å². The van der Waals surface area contributed by atoms with E-state index in [9.17, 15) is 19.8 Å². The summed E-state index contributed by atoms with van der Waals surface area (Å²) in [5.41, 5.74) is 1.72. The Balaban J connectivity index is 1.71. The number of aliphatic carboxylic acids is 1. The van der Waals surface area contributed by atoms with Crippen LogP contribution in [0.1, 0.15) is 107 Å². The number of esters is 1. The fraction of sp³-hybridized carbons (Fsp3) is 0.812. The maximum atomic E-state index is 12.5. The number of rotatable bonds is 6. The van der Waals surface area contributed by atoms with Gasteiger partial charge in [0.15, 0.2) is 0 Å². The molecule has 2 N–H and O–H groups in total. The number of carboxylic acid groups (broad SMARTS) is 1. The number of hydrogen-bond donors (Lipinski definition) is 2. The van der Waals surface area contributed by atoms with Crippen LogP contribution in [0.25, 0.3) is 0 Å². The number of carbonyl (C=O) groups is 2. The van der Waals surface area contributed by atoms with Gasteiger partial charge in [0.2, 0.25) is 0 Å². The van der Waals surface area contributed by atoms with E-state index in [1.165, 1.54) is 0 Å². The third kappa shape index (κ3) is 4.22. The van der Waals surface area contributed by atoms with E-state index in [1.807, 2.05) is 6.08 Å². The first-order valence-corrected chi connectivity index (χ1v) is 14.6. The summed E-state index contributed by atoms with van der Waals surface area (Å²) >= 11 is 0. The minimum Gasteiger partial charge on any atom is -0.478 e. The van der Waals surface area contributed by atoms with Crippen molar-refractivity contribution >= 4 is 11.9 Å². The van der Waals surface area contributed by atoms with Crippen molar-refractivity contribution in [1.82, 2.24) is 0 Å². The topological polar surface area (TPSA) is 83.8 Å². The molecule has 0 aromatic heterocycles. The van der Waals surface area contributed by atoms with E-state index in [2.05, 4.69) is 47.6 Å². The van der Waals surface area contributed by atoms with Crippen LogP contribution in [0.4, 0.5) is 0 Å². The summed E-state index contributed by atoms with van der Waals surface area (Å²) in [6, 6.07) is 0. The van der Waals surface area contributed by atoms with E-state index >= 15 is 0 Å². The van der Waals surface area contributed by atoms with Crippen LogP contribution in [0, 0.1) is 45.3 Å². The van der Waals surface area contributed by atoms with Crippen molar-refractivity contribution in [1.29, 1.82) is 0 Å². The summed E-state index contributed by atoms with van der Waals surface area (Å²) in [4.78, 5) is 23.7. The molecule has 3 fully saturated rings. The van der Waals surface area contributed by atoms with E-state index in [1.54, 1.807) is 19.4 Å². The Hall–Kier alpha value is -1.62. The predicted molar refractivity (Wildman–Crippen MR) is 146 cm³/mol. The van der Waals surface area contributed by atoms with Crippen molar-refractivity contribution < 1.29 is 24.5 Å². The average Bonchev–Trinajstić information content (AvgIpc) is 3.09. The van der Waals surface area contributed by atoms with Crippen molar-refractivity contribution in [2.75, 3.05) is 0 Å². The smallest absolute Gasteiger partial charge is 0.330 e. The highest BCUT2D eigenvalue weighted by Gasteiger charge is 2.69. The van der Waals surface area contributed by atoms with Crippen LogP contribution >= 0.6 is 0 Å². The molecule has 4 aliphatic carbocycles. The summed E-state index contributed by atoms with van der Waals surface area (Å²) in [7, 11) is 0. The lowest BCUT2D eigenvalue weighted by Crippen LogP contribution is -2.62. The van der Waals surface area contributed by atoms with Crippen LogP contribution in [0.5, 0.6) is 0 Å². The van der Waals surface area contributed by atoms with Crippen LogP contribution in [0.3, 0.4) is 0 Å². The molecule has 0 aliphatic heterocycles. The molecule has 208 valence electrons. The molecule has 0 aromatic rings. The third-order valence-electron chi connectivity index (χ3n) is 12.3. The number of aliphatic hydroxyl groups is 1. The molecule has 5 nitrogen and oxygen atoms in total. The molecule has 3 saturated carbocycles. The molecule has 0 aromatic carbocycles. The zero-order valence-electron chi connectivity index (χ0n) is 24.4. The average molecular weight is 515 g/mol. The first kappa shape index (κ1) is 28.4. The Labute approximate surface area is 224 Å². The lowest BCUT2D eigenvalue weighted by molar-refractivity contribution is -0.184. The Bertz CT molecular complexity index is 993. The Morgan fingerprint density at radius 3 is 2.43 bits per heavy atom. The molecule has 4 aliphatic rings. The number of carbonyl (C=O) groups excluding carboxylic acids is 1. The highest BCUT2D eigenvalue weighted by Crippen LogP contribution is 2.73. The maximum absolute atomic E-state index is 12.5. The molecule has 0 unspecified atom stereocenters. The van der Waals surface area contributed by atoms with Crippen molar-refractivity contribution in [3.63, 3.8) is 0 Å². The molecule has 0 amide bonds. The third-order valence-corrected chi connectivity index (χ3v) is 12.3. The highest BCUT2D eigenvalue weighted by molar-refractivity contribution is 5.85. The molecule has 37 heavy (non-hydrogen) atoms. The quantitative estimate of drug-likeness (QED) is 0.228. The first-order valence-electron chi connectivity index (χ1n) is 14.6. The van der Waals surface area contributed by atoms with Crippen molar-refractivity contribution in [3.05, 3.63) is 23.3 Å². The summed E-state index contributed by atoms with van der Waals surface area (Å²) in [6.07, 6.45) is 11.6. The van der Waals surface area contributed by atoms with Crippen LogP contribution in [-0.4, -0.2) is 34.4 Å². The van der Waals surface area contributed by atoms with Crippen molar-refractivity contribution in [3.8, 4) is 0 Å². The first-order chi connectivity index (χ1) is 17.1. The second-order valence-electron chi connectivity index (χ2n) is 14.2. The van der Waals surface area contributed by atoms with Gasteiger partial charge >= 0.3 is 11.9 Å². The minimum absolute atomic E-state index is 0.0457. The molecule has 9 atom stereocenters. The Morgan fingerprint density at radius 2 is 1.81 bits per heavy atom. The Kier molecular flexibility index (Phi) is 7.32. The summed E-state index contributed by atoms with van der Waals surface area (Å²) in [5, 5.41) is 20.1. The number of ether oxygens (including phenoxy) is 1. The van der Waals surface area contributed by atoms with E-state index in [0.717, 1.165) is 51.4 Å². The predicted octanol–water partition coefficient (Wildman–Crippen LogP) is 6.94. The standard InChI is InChI=1S/C32H50O5/c1-19(10-9-11-20(2)28(35)36)22-14-17-31(7)23-12-13-25-29(4,5)26(34)15-16-30(25,6)24(23)18-27(32(22,31)8)37-21(3)33/h11-12,19,22,24-27,34H,9-10,13-18H2,1-8H3,(H,35,36)/b20-11-/t19-,22-,24-,25+,26-,27-,30-,31+,32+/m1/s1. The number of hydrogen-bond acceptors (Lipinski definition) is 4. The second kappa shape index (κ2) is 9.54. The van der Waals surface area contributed by atoms with Crippen LogP contribution in [0.2, 0.25) is 0 Å². The van der Waals surface area contributed by atoms with Gasteiger partial charge < -0.3 is 14.9 Å². The van der Waals surface area contributed by atoms with Gasteiger partial charge in [0.25, 0.3) is 0 Å². The zero-order valence-corrected chi connectivity index (χ0v) is 24.4. The van der Waals surface area contributed by atoms with E-state index < -0.39 is 5.97 Å². The fourth-order valence-electron chi connectivity index (χ4n) is 9.84. The van der Waals surface area contributed by atoms with Crippen LogP contribution < -0.4 is 0 Å². The molecule has 5 heteroatoms. The minimum atomic E-state index is -0.851. The van der Waals surface area contributed by atoms with Crippen molar-refractivity contribution in [2.24, 2.45) is 45.3 Å². The maximum Gasteiger partial charge on any atom is 0.330 e. The fourth-order valence-corrected chi connectivity index (χ4v) is 9.84. The monoisotopic (exact) mass is 514 g/mol. The molecule has 0 saturated heterocycles. The molecular weight excluding hydrogens is 464 g/mol.